The predicted molar refractivity (Wildman–Crippen MR) is 109 cm³/mol. The van der Waals surface area contributed by atoms with Crippen LogP contribution in [0.1, 0.15) is 64.3 Å². The van der Waals surface area contributed by atoms with E-state index < -0.39 is 5.97 Å². The molecule has 0 saturated heterocycles. The van der Waals surface area contributed by atoms with Crippen molar-refractivity contribution in [2.45, 2.75) is 52.5 Å². The van der Waals surface area contributed by atoms with E-state index in [0.29, 0.717) is 5.56 Å². The van der Waals surface area contributed by atoms with E-state index in [9.17, 15) is 14.4 Å². The first-order chi connectivity index (χ1) is 13.9. The molecule has 0 bridgehead atoms. The van der Waals surface area contributed by atoms with Crippen LogP contribution in [0.3, 0.4) is 0 Å². The average molecular weight is 397 g/mol. The quantitative estimate of drug-likeness (QED) is 0.407. The lowest BCUT2D eigenvalue weighted by Gasteiger charge is -2.15. The van der Waals surface area contributed by atoms with Crippen LogP contribution in [0.15, 0.2) is 34.6 Å². The Hall–Kier alpha value is -2.96. The Morgan fingerprint density at radius 2 is 2.00 bits per heavy atom. The Labute approximate surface area is 170 Å². The average Bonchev–Trinajstić information content (AvgIpc) is 3.00. The monoisotopic (exact) mass is 397 g/mol. The van der Waals surface area contributed by atoms with Gasteiger partial charge in [0, 0.05) is 36.6 Å². The molecule has 0 atom stereocenters. The molecule has 7 nitrogen and oxygen atoms in total. The summed E-state index contributed by atoms with van der Waals surface area (Å²) in [4.78, 5) is 36.1. The molecule has 2 aromatic heterocycles. The zero-order chi connectivity index (χ0) is 21.0. The highest BCUT2D eigenvalue weighted by atomic mass is 16.5. The van der Waals surface area contributed by atoms with Gasteiger partial charge >= 0.3 is 5.97 Å². The fraction of sp³-hybridized carbons (Fsp3) is 0.455. The Morgan fingerprint density at radius 3 is 2.69 bits per heavy atom. The van der Waals surface area contributed by atoms with Crippen LogP contribution >= 0.6 is 0 Å². The number of ketones is 1. The molecule has 1 aliphatic carbocycles. The molecule has 0 unspecified atom stereocenters. The smallest absolute Gasteiger partial charge is 0.359 e. The fourth-order valence-corrected chi connectivity index (χ4v) is 3.71. The van der Waals surface area contributed by atoms with Gasteiger partial charge in [-0.25, -0.2) is 9.48 Å². The third-order valence-electron chi connectivity index (χ3n) is 5.42. The lowest BCUT2D eigenvalue weighted by molar-refractivity contribution is 0.0466. The van der Waals surface area contributed by atoms with Crippen molar-refractivity contribution in [1.29, 1.82) is 0 Å². The number of Topliss-reactive ketones (excluding diaryl/α,β-unsaturated/α-hetero) is 1. The number of nitrogens with zero attached hydrogens (tertiary/aromatic N) is 3. The normalized spacial score (nSPS) is 13.8. The molecule has 0 radical (unpaired) electrons. The minimum atomic E-state index is -0.730. The van der Waals surface area contributed by atoms with E-state index in [2.05, 4.69) is 15.7 Å². The molecule has 0 saturated carbocycles. The lowest BCUT2D eigenvalue weighted by atomic mass is 9.97. The maximum atomic E-state index is 12.6. The number of allylic oxidation sites excluding steroid dienone is 2. The molecule has 0 spiro atoms. The van der Waals surface area contributed by atoms with Crippen molar-refractivity contribution in [3.8, 4) is 0 Å². The molecular formula is C22H27N3O4. The first-order valence-electron chi connectivity index (χ1n) is 9.96. The second-order valence-electron chi connectivity index (χ2n) is 7.47. The summed E-state index contributed by atoms with van der Waals surface area (Å²) < 4.78 is 8.31. The van der Waals surface area contributed by atoms with Crippen molar-refractivity contribution in [3.05, 3.63) is 62.8 Å². The molecule has 0 amide bonds. The van der Waals surface area contributed by atoms with Crippen LogP contribution in [0.25, 0.3) is 0 Å². The standard InChI is InChI=1S/C22H27N3O4/c1-15-13-18(16(2)25(15)12-11-17-7-5-4-6-8-17)20(26)14-29-22(28)19-9-10-21(27)24(3)23-19/h7,9-10,13H,4-6,8,11-12,14H2,1-3H3. The zero-order valence-electron chi connectivity index (χ0n) is 17.2. The molecule has 0 fully saturated rings. The Bertz CT molecular complexity index is 1010. The van der Waals surface area contributed by atoms with Gasteiger partial charge in [-0.3, -0.25) is 9.59 Å². The highest BCUT2D eigenvalue weighted by molar-refractivity contribution is 6.00. The summed E-state index contributed by atoms with van der Waals surface area (Å²) in [6, 6.07) is 4.38. The van der Waals surface area contributed by atoms with Crippen molar-refractivity contribution < 1.29 is 14.3 Å². The van der Waals surface area contributed by atoms with Gasteiger partial charge in [-0.2, -0.15) is 5.10 Å². The van der Waals surface area contributed by atoms with Crippen molar-refractivity contribution in [2.75, 3.05) is 6.61 Å². The molecule has 7 heteroatoms. The number of esters is 1. The van der Waals surface area contributed by atoms with Crippen LogP contribution in [0.4, 0.5) is 0 Å². The third-order valence-corrected chi connectivity index (χ3v) is 5.42. The largest absolute Gasteiger partial charge is 0.453 e. The van der Waals surface area contributed by atoms with Crippen molar-refractivity contribution in [2.24, 2.45) is 7.05 Å². The molecule has 0 N–H and O–H groups in total. The molecule has 154 valence electrons. The summed E-state index contributed by atoms with van der Waals surface area (Å²) >= 11 is 0. The molecule has 0 aromatic carbocycles. The Morgan fingerprint density at radius 1 is 1.21 bits per heavy atom. The number of hydrogen-bond acceptors (Lipinski definition) is 5. The first kappa shape index (κ1) is 20.8. The van der Waals surface area contributed by atoms with Crippen LogP contribution in [-0.4, -0.2) is 32.7 Å². The second-order valence-corrected chi connectivity index (χ2v) is 7.47. The maximum Gasteiger partial charge on any atom is 0.359 e. The van der Waals surface area contributed by atoms with Crippen molar-refractivity contribution >= 4 is 11.8 Å². The van der Waals surface area contributed by atoms with Gasteiger partial charge in [0.1, 0.15) is 0 Å². The second kappa shape index (κ2) is 9.03. The van der Waals surface area contributed by atoms with E-state index in [1.165, 1.54) is 50.4 Å². The molecule has 2 aromatic rings. The topological polar surface area (TPSA) is 83.2 Å². The lowest BCUT2D eigenvalue weighted by Crippen LogP contribution is -2.23. The predicted octanol–water partition coefficient (Wildman–Crippen LogP) is 3.13. The van der Waals surface area contributed by atoms with Crippen molar-refractivity contribution in [3.63, 3.8) is 0 Å². The number of aryl methyl sites for hydroxylation is 2. The summed E-state index contributed by atoms with van der Waals surface area (Å²) in [6.07, 6.45) is 8.21. The molecular weight excluding hydrogens is 370 g/mol. The van der Waals surface area contributed by atoms with Gasteiger partial charge in [-0.1, -0.05) is 11.6 Å². The number of carbonyl (C=O) groups is 2. The molecule has 1 aliphatic rings. The van der Waals surface area contributed by atoms with Gasteiger partial charge in [0.15, 0.2) is 12.3 Å². The van der Waals surface area contributed by atoms with Crippen LogP contribution in [-0.2, 0) is 18.3 Å². The Balaban J connectivity index is 1.63. The summed E-state index contributed by atoms with van der Waals surface area (Å²) in [5.74, 6) is -0.980. The third kappa shape index (κ3) is 4.91. The number of ether oxygens (including phenoxy) is 1. The minimum absolute atomic E-state index is 0.00821. The van der Waals surface area contributed by atoms with Crippen LogP contribution in [0.5, 0.6) is 0 Å². The van der Waals surface area contributed by atoms with Gasteiger partial charge in [0.05, 0.1) is 0 Å². The van der Waals surface area contributed by atoms with E-state index in [0.717, 1.165) is 29.0 Å². The summed E-state index contributed by atoms with van der Waals surface area (Å²) in [6.45, 7) is 4.39. The van der Waals surface area contributed by atoms with Gasteiger partial charge in [-0.15, -0.1) is 0 Å². The van der Waals surface area contributed by atoms with Crippen molar-refractivity contribution in [1.82, 2.24) is 14.3 Å². The first-order valence-corrected chi connectivity index (χ1v) is 9.96. The van der Waals surface area contributed by atoms with E-state index in [-0.39, 0.29) is 23.6 Å². The summed E-state index contributed by atoms with van der Waals surface area (Å²) in [7, 11) is 1.45. The Kier molecular flexibility index (Phi) is 6.46. The maximum absolute atomic E-state index is 12.6. The molecule has 3 rings (SSSR count). The van der Waals surface area contributed by atoms with Crippen LogP contribution < -0.4 is 5.56 Å². The SMILES string of the molecule is Cc1cc(C(=O)COC(=O)c2ccc(=O)n(C)n2)c(C)n1CCC1=CCCCC1. The van der Waals surface area contributed by atoms with E-state index in [4.69, 9.17) is 4.74 Å². The van der Waals surface area contributed by atoms with E-state index in [1.807, 2.05) is 19.9 Å². The number of rotatable bonds is 7. The molecule has 29 heavy (non-hydrogen) atoms. The van der Waals surface area contributed by atoms with Gasteiger partial charge in [0.2, 0.25) is 5.78 Å². The van der Waals surface area contributed by atoms with Crippen LogP contribution in [0, 0.1) is 13.8 Å². The fourth-order valence-electron chi connectivity index (χ4n) is 3.71. The summed E-state index contributed by atoms with van der Waals surface area (Å²) in [5, 5.41) is 3.84. The highest BCUT2D eigenvalue weighted by Gasteiger charge is 2.19. The van der Waals surface area contributed by atoms with Gasteiger partial charge < -0.3 is 9.30 Å². The summed E-state index contributed by atoms with van der Waals surface area (Å²) in [5.41, 5.74) is 3.64. The molecule has 0 aliphatic heterocycles. The number of carbonyl (C=O) groups excluding carboxylic acids is 2. The van der Waals surface area contributed by atoms with Gasteiger partial charge in [0.25, 0.3) is 5.56 Å². The number of aromatic nitrogens is 3. The highest BCUT2D eigenvalue weighted by Crippen LogP contribution is 2.23. The zero-order valence-corrected chi connectivity index (χ0v) is 17.2. The van der Waals surface area contributed by atoms with E-state index >= 15 is 0 Å². The minimum Gasteiger partial charge on any atom is -0.453 e. The van der Waals surface area contributed by atoms with E-state index in [1.54, 1.807) is 0 Å². The van der Waals surface area contributed by atoms with Gasteiger partial charge in [-0.05, 0) is 58.1 Å². The molecule has 2 heterocycles. The van der Waals surface area contributed by atoms with Crippen LogP contribution in [0.2, 0.25) is 0 Å². The number of hydrogen-bond donors (Lipinski definition) is 0.